The van der Waals surface area contributed by atoms with Crippen LogP contribution < -0.4 is 11.2 Å². The van der Waals surface area contributed by atoms with Crippen LogP contribution in [0.1, 0.15) is 22.2 Å². The van der Waals surface area contributed by atoms with Gasteiger partial charge in [0.15, 0.2) is 0 Å². The summed E-state index contributed by atoms with van der Waals surface area (Å²) in [4.78, 5) is 50.0. The average molecular weight is 441 g/mol. The molecule has 9 nitrogen and oxygen atoms in total. The molecule has 1 aromatic carbocycles. The SMILES string of the molecule is CCOC(=O)c1sc2c(c1Cn1ccc3ccccc31)c(=O)n(C)c(=O)n2CC(=O)O. The van der Waals surface area contributed by atoms with E-state index in [-0.39, 0.29) is 28.2 Å². The van der Waals surface area contributed by atoms with Crippen molar-refractivity contribution in [3.8, 4) is 0 Å². The van der Waals surface area contributed by atoms with Crippen molar-refractivity contribution in [3.05, 3.63) is 67.8 Å². The normalized spacial score (nSPS) is 11.3. The fraction of sp³-hybridized carbons (Fsp3) is 0.238. The summed E-state index contributed by atoms with van der Waals surface area (Å²) >= 11 is 0.903. The number of carboxylic acids is 1. The van der Waals surface area contributed by atoms with E-state index < -0.39 is 29.7 Å². The van der Waals surface area contributed by atoms with Gasteiger partial charge in [-0.3, -0.25) is 18.7 Å². The van der Waals surface area contributed by atoms with E-state index in [9.17, 15) is 24.3 Å². The lowest BCUT2D eigenvalue weighted by Crippen LogP contribution is -2.39. The molecule has 0 saturated carbocycles. The Morgan fingerprint density at radius 3 is 2.61 bits per heavy atom. The van der Waals surface area contributed by atoms with Crippen molar-refractivity contribution in [2.45, 2.75) is 20.0 Å². The third-order valence-corrected chi connectivity index (χ3v) is 6.27. The van der Waals surface area contributed by atoms with Gasteiger partial charge in [-0.1, -0.05) is 18.2 Å². The number of carbonyl (C=O) groups excluding carboxylic acids is 1. The third-order valence-electron chi connectivity index (χ3n) is 5.03. The summed E-state index contributed by atoms with van der Waals surface area (Å²) in [5.41, 5.74) is -0.0266. The molecule has 3 aromatic heterocycles. The lowest BCUT2D eigenvalue weighted by molar-refractivity contribution is -0.137. The van der Waals surface area contributed by atoms with Crippen molar-refractivity contribution in [2.24, 2.45) is 7.05 Å². The van der Waals surface area contributed by atoms with Gasteiger partial charge >= 0.3 is 17.6 Å². The number of fused-ring (bicyclic) bond motifs is 2. The quantitative estimate of drug-likeness (QED) is 0.458. The largest absolute Gasteiger partial charge is 0.480 e. The number of nitrogens with zero attached hydrogens (tertiary/aromatic N) is 3. The first-order chi connectivity index (χ1) is 14.8. The molecule has 0 radical (unpaired) electrons. The second-order valence-corrected chi connectivity index (χ2v) is 7.94. The molecule has 0 atom stereocenters. The minimum atomic E-state index is -1.23. The number of carbonyl (C=O) groups is 2. The molecule has 0 aliphatic rings. The number of para-hydroxylation sites is 1. The molecule has 0 fully saturated rings. The number of thiophene rings is 1. The molecule has 0 aliphatic heterocycles. The van der Waals surface area contributed by atoms with E-state index in [1.165, 1.54) is 7.05 Å². The zero-order valence-corrected chi connectivity index (χ0v) is 17.6. The minimum Gasteiger partial charge on any atom is -0.480 e. The highest BCUT2D eigenvalue weighted by atomic mass is 32.1. The highest BCUT2D eigenvalue weighted by molar-refractivity contribution is 7.20. The summed E-state index contributed by atoms with van der Waals surface area (Å²) in [6.07, 6.45) is 1.85. The van der Waals surface area contributed by atoms with Crippen LogP contribution >= 0.6 is 11.3 Å². The van der Waals surface area contributed by atoms with Crippen LogP contribution in [0.3, 0.4) is 0 Å². The van der Waals surface area contributed by atoms with E-state index >= 15 is 0 Å². The second kappa shape index (κ2) is 7.88. The number of aromatic nitrogens is 3. The molecule has 4 aromatic rings. The standard InChI is InChI=1S/C21H19N3O6S/c1-3-30-20(28)17-13(10-23-9-8-12-6-4-5-7-14(12)23)16-18(27)22(2)21(29)24(11-15(25)26)19(16)31-17/h4-9H,3,10-11H2,1-2H3,(H,25,26). The summed E-state index contributed by atoms with van der Waals surface area (Å²) in [6.45, 7) is 1.36. The van der Waals surface area contributed by atoms with Gasteiger partial charge in [-0.25, -0.2) is 9.59 Å². The van der Waals surface area contributed by atoms with Crippen molar-refractivity contribution in [1.29, 1.82) is 0 Å². The molecule has 0 amide bonds. The Morgan fingerprint density at radius 2 is 1.90 bits per heavy atom. The maximum atomic E-state index is 13.0. The number of hydrogen-bond donors (Lipinski definition) is 1. The number of rotatable bonds is 6. The van der Waals surface area contributed by atoms with Gasteiger partial charge in [0.05, 0.1) is 18.5 Å². The molecule has 0 spiro atoms. The number of aliphatic carboxylic acids is 1. The van der Waals surface area contributed by atoms with Crippen molar-refractivity contribution in [1.82, 2.24) is 13.7 Å². The van der Waals surface area contributed by atoms with E-state index in [2.05, 4.69) is 0 Å². The summed E-state index contributed by atoms with van der Waals surface area (Å²) in [6, 6.07) is 9.60. The van der Waals surface area contributed by atoms with E-state index in [0.717, 1.165) is 31.4 Å². The first kappa shape index (κ1) is 20.6. The van der Waals surface area contributed by atoms with E-state index in [4.69, 9.17) is 4.74 Å². The number of benzene rings is 1. The van der Waals surface area contributed by atoms with Crippen LogP contribution in [0.15, 0.2) is 46.1 Å². The molecule has 31 heavy (non-hydrogen) atoms. The zero-order chi connectivity index (χ0) is 22.3. The van der Waals surface area contributed by atoms with Gasteiger partial charge in [-0.05, 0) is 24.4 Å². The average Bonchev–Trinajstić information content (AvgIpc) is 3.32. The van der Waals surface area contributed by atoms with Crippen LogP contribution in [0.5, 0.6) is 0 Å². The number of ether oxygens (including phenoxy) is 1. The van der Waals surface area contributed by atoms with Crippen LogP contribution in [0.4, 0.5) is 0 Å². The monoisotopic (exact) mass is 441 g/mol. The molecule has 0 saturated heterocycles. The zero-order valence-electron chi connectivity index (χ0n) is 16.8. The molecule has 0 bridgehead atoms. The molecule has 1 N–H and O–H groups in total. The van der Waals surface area contributed by atoms with Crippen molar-refractivity contribution in [2.75, 3.05) is 6.61 Å². The van der Waals surface area contributed by atoms with Gasteiger partial charge in [0, 0.05) is 24.3 Å². The predicted octanol–water partition coefficient (Wildman–Crippen LogP) is 2.03. The van der Waals surface area contributed by atoms with Crippen molar-refractivity contribution >= 4 is 44.4 Å². The van der Waals surface area contributed by atoms with Gasteiger partial charge in [0.25, 0.3) is 5.56 Å². The third kappa shape index (κ3) is 3.44. The summed E-state index contributed by atoms with van der Waals surface area (Å²) in [5.74, 6) is -1.85. The number of hydrogen-bond acceptors (Lipinski definition) is 6. The van der Waals surface area contributed by atoms with Crippen molar-refractivity contribution < 1.29 is 19.4 Å². The molecule has 4 rings (SSSR count). The fourth-order valence-corrected chi connectivity index (χ4v) is 4.81. The Balaban J connectivity index is 2.04. The Bertz CT molecular complexity index is 1460. The maximum Gasteiger partial charge on any atom is 0.348 e. The predicted molar refractivity (Wildman–Crippen MR) is 116 cm³/mol. The highest BCUT2D eigenvalue weighted by Crippen LogP contribution is 2.31. The summed E-state index contributed by atoms with van der Waals surface area (Å²) in [7, 11) is 1.29. The molecular weight excluding hydrogens is 422 g/mol. The summed E-state index contributed by atoms with van der Waals surface area (Å²) < 4.78 is 8.94. The van der Waals surface area contributed by atoms with Crippen LogP contribution in [-0.2, 0) is 29.7 Å². The van der Waals surface area contributed by atoms with Gasteiger partial charge < -0.3 is 14.4 Å². The maximum absolute atomic E-state index is 13.0. The van der Waals surface area contributed by atoms with Crippen LogP contribution in [0.2, 0.25) is 0 Å². The van der Waals surface area contributed by atoms with E-state index in [0.29, 0.717) is 5.56 Å². The summed E-state index contributed by atoms with van der Waals surface area (Å²) in [5, 5.41) is 10.4. The first-order valence-corrected chi connectivity index (χ1v) is 10.3. The second-order valence-electron chi connectivity index (χ2n) is 6.94. The lowest BCUT2D eigenvalue weighted by atomic mass is 10.1. The van der Waals surface area contributed by atoms with E-state index in [1.54, 1.807) is 6.92 Å². The van der Waals surface area contributed by atoms with Crippen LogP contribution in [0, 0.1) is 0 Å². The first-order valence-electron chi connectivity index (χ1n) is 9.51. The Morgan fingerprint density at radius 1 is 1.16 bits per heavy atom. The molecule has 3 heterocycles. The Labute approximate surface area is 179 Å². The molecule has 0 aliphatic carbocycles. The topological polar surface area (TPSA) is 113 Å². The van der Waals surface area contributed by atoms with Crippen LogP contribution in [-0.4, -0.2) is 37.4 Å². The Hall–Kier alpha value is -3.66. The number of carboxylic acid groups (broad SMARTS) is 1. The molecule has 160 valence electrons. The van der Waals surface area contributed by atoms with Crippen molar-refractivity contribution in [3.63, 3.8) is 0 Å². The van der Waals surface area contributed by atoms with Gasteiger partial charge in [-0.15, -0.1) is 11.3 Å². The molecule has 10 heteroatoms. The van der Waals surface area contributed by atoms with Gasteiger partial charge in [0.2, 0.25) is 0 Å². The molecular formula is C21H19N3O6S. The van der Waals surface area contributed by atoms with Gasteiger partial charge in [-0.2, -0.15) is 0 Å². The van der Waals surface area contributed by atoms with Crippen LogP contribution in [0.25, 0.3) is 21.1 Å². The molecule has 0 unspecified atom stereocenters. The van der Waals surface area contributed by atoms with Gasteiger partial charge in [0.1, 0.15) is 16.3 Å². The smallest absolute Gasteiger partial charge is 0.348 e. The number of esters is 1. The fourth-order valence-electron chi connectivity index (χ4n) is 3.62. The minimum absolute atomic E-state index is 0.138. The highest BCUT2D eigenvalue weighted by Gasteiger charge is 2.26. The lowest BCUT2D eigenvalue weighted by Gasteiger charge is -2.09. The Kier molecular flexibility index (Phi) is 5.24. The van der Waals surface area contributed by atoms with E-state index in [1.807, 2.05) is 41.1 Å².